The van der Waals surface area contributed by atoms with E-state index in [2.05, 4.69) is 9.88 Å². The second-order valence-electron chi connectivity index (χ2n) is 4.54. The zero-order valence-electron chi connectivity index (χ0n) is 11.2. The molecule has 20 heavy (non-hydrogen) atoms. The van der Waals surface area contributed by atoms with Crippen LogP contribution in [-0.2, 0) is 10.0 Å². The zero-order chi connectivity index (χ0) is 14.8. The summed E-state index contributed by atoms with van der Waals surface area (Å²) >= 11 is 6.43. The van der Waals surface area contributed by atoms with Gasteiger partial charge in [-0.25, -0.2) is 13.4 Å². The predicted molar refractivity (Wildman–Crippen MR) is 85.7 cm³/mol. The molecule has 0 bridgehead atoms. The first-order valence-corrected chi connectivity index (χ1v) is 9.18. The fourth-order valence-electron chi connectivity index (χ4n) is 2.24. The van der Waals surface area contributed by atoms with Crippen LogP contribution < -0.4 is 10.6 Å². The van der Waals surface area contributed by atoms with E-state index in [1.165, 1.54) is 4.31 Å². The Bertz CT molecular complexity index is 550. The second kappa shape index (κ2) is 6.33. The minimum Gasteiger partial charge on any atom is -0.392 e. The average Bonchev–Trinajstić information content (AvgIpc) is 2.92. The molecule has 1 aromatic heterocycles. The molecule has 1 aliphatic rings. The summed E-state index contributed by atoms with van der Waals surface area (Å²) in [4.78, 5) is 6.39. The number of thiazole rings is 1. The number of piperazine rings is 1. The third-order valence-corrected chi connectivity index (χ3v) is 6.99. The second-order valence-corrected chi connectivity index (χ2v) is 8.00. The monoisotopic (exact) mass is 334 g/mol. The topological polar surface area (TPSA) is 79.5 Å². The Kier molecular flexibility index (Phi) is 4.95. The molecule has 0 aromatic carbocycles. The van der Waals surface area contributed by atoms with E-state index in [1.54, 1.807) is 24.5 Å². The molecule has 1 aliphatic heterocycles. The summed E-state index contributed by atoms with van der Waals surface area (Å²) in [5.41, 5.74) is 5.55. The van der Waals surface area contributed by atoms with Crippen molar-refractivity contribution in [3.05, 3.63) is 11.6 Å². The molecule has 9 heteroatoms. The summed E-state index contributed by atoms with van der Waals surface area (Å²) in [7, 11) is -3.44. The molecule has 1 unspecified atom stereocenters. The predicted octanol–water partition coefficient (Wildman–Crippen LogP) is 0.660. The van der Waals surface area contributed by atoms with E-state index in [-0.39, 0.29) is 4.99 Å². The van der Waals surface area contributed by atoms with E-state index in [0.717, 1.165) is 5.13 Å². The lowest BCUT2D eigenvalue weighted by Gasteiger charge is -2.35. The van der Waals surface area contributed by atoms with Crippen LogP contribution in [0.3, 0.4) is 0 Å². The number of rotatable bonds is 5. The van der Waals surface area contributed by atoms with Crippen molar-refractivity contribution in [2.45, 2.75) is 18.6 Å². The number of hydrogen-bond acceptors (Lipinski definition) is 6. The number of hydrogen-bond donors (Lipinski definition) is 1. The third-order valence-electron chi connectivity index (χ3n) is 3.34. The van der Waals surface area contributed by atoms with Crippen molar-refractivity contribution in [3.63, 3.8) is 0 Å². The van der Waals surface area contributed by atoms with E-state index in [9.17, 15) is 8.42 Å². The van der Waals surface area contributed by atoms with Crippen molar-refractivity contribution in [2.24, 2.45) is 5.73 Å². The molecule has 112 valence electrons. The molecular formula is C11H18N4O2S3. The molecule has 2 N–H and O–H groups in total. The Labute approximate surface area is 128 Å². The van der Waals surface area contributed by atoms with Crippen molar-refractivity contribution < 1.29 is 8.42 Å². The van der Waals surface area contributed by atoms with Gasteiger partial charge in [0.25, 0.3) is 0 Å². The number of thiocarbonyl (C=S) groups is 1. The third kappa shape index (κ3) is 3.11. The van der Waals surface area contributed by atoms with Gasteiger partial charge in [0.05, 0.1) is 4.99 Å². The van der Waals surface area contributed by atoms with Gasteiger partial charge in [0.15, 0.2) is 5.13 Å². The number of nitrogens with zero attached hydrogens (tertiary/aromatic N) is 3. The van der Waals surface area contributed by atoms with E-state index >= 15 is 0 Å². The van der Waals surface area contributed by atoms with Crippen LogP contribution in [0.15, 0.2) is 11.6 Å². The van der Waals surface area contributed by atoms with Crippen molar-refractivity contribution >= 4 is 43.7 Å². The van der Waals surface area contributed by atoms with Gasteiger partial charge in [-0.3, -0.25) is 0 Å². The lowest BCUT2D eigenvalue weighted by Crippen LogP contribution is -2.53. The first-order chi connectivity index (χ1) is 9.46. The molecule has 1 aromatic rings. The van der Waals surface area contributed by atoms with Crippen LogP contribution in [0.4, 0.5) is 5.13 Å². The summed E-state index contributed by atoms with van der Waals surface area (Å²) in [6, 6.07) is 0. The number of aromatic nitrogens is 1. The number of sulfonamides is 1. The highest BCUT2D eigenvalue weighted by molar-refractivity contribution is 7.92. The highest BCUT2D eigenvalue weighted by Crippen LogP contribution is 2.21. The van der Waals surface area contributed by atoms with Gasteiger partial charge in [-0.2, -0.15) is 4.31 Å². The molecule has 1 fully saturated rings. The molecule has 1 saturated heterocycles. The molecule has 0 aliphatic carbocycles. The molecule has 6 nitrogen and oxygen atoms in total. The Morgan fingerprint density at radius 1 is 1.50 bits per heavy atom. The zero-order valence-corrected chi connectivity index (χ0v) is 13.7. The van der Waals surface area contributed by atoms with Crippen LogP contribution in [0.1, 0.15) is 13.3 Å². The maximum Gasteiger partial charge on any atom is 0.223 e. The van der Waals surface area contributed by atoms with Crippen LogP contribution in [0.5, 0.6) is 0 Å². The fraction of sp³-hybridized carbons (Fsp3) is 0.636. The van der Waals surface area contributed by atoms with Gasteiger partial charge in [0.2, 0.25) is 10.0 Å². The largest absolute Gasteiger partial charge is 0.392 e. The summed E-state index contributed by atoms with van der Waals surface area (Å²) in [6.07, 6.45) is 2.16. The van der Waals surface area contributed by atoms with Crippen molar-refractivity contribution in [1.82, 2.24) is 9.29 Å². The molecule has 2 rings (SSSR count). The van der Waals surface area contributed by atoms with E-state index in [4.69, 9.17) is 18.0 Å². The molecule has 2 heterocycles. The first kappa shape index (κ1) is 15.6. The Morgan fingerprint density at radius 3 is 2.60 bits per heavy atom. The molecule has 0 amide bonds. The summed E-state index contributed by atoms with van der Waals surface area (Å²) in [5.74, 6) is 0. The average molecular weight is 334 g/mol. The van der Waals surface area contributed by atoms with E-state index in [0.29, 0.717) is 32.6 Å². The van der Waals surface area contributed by atoms with Gasteiger partial charge >= 0.3 is 0 Å². The fourth-order valence-corrected chi connectivity index (χ4v) is 5.22. The standard InChI is InChI=1S/C11H18N4O2S3/c1-2-9(10(12)18)20(16,17)15-6-4-14(5-7-15)11-13-3-8-19-11/h3,8-9H,2,4-7H2,1H3,(H2,12,18). The SMILES string of the molecule is CCC(C(N)=S)S(=O)(=O)N1CCN(c2nccs2)CC1. The van der Waals surface area contributed by atoms with Gasteiger partial charge < -0.3 is 10.6 Å². The highest BCUT2D eigenvalue weighted by atomic mass is 32.2. The molecule has 0 radical (unpaired) electrons. The summed E-state index contributed by atoms with van der Waals surface area (Å²) in [5, 5.41) is 2.09. The molecule has 0 saturated carbocycles. The number of anilines is 1. The first-order valence-electron chi connectivity index (χ1n) is 6.39. The molecule has 0 spiro atoms. The molecular weight excluding hydrogens is 316 g/mol. The Balaban J connectivity index is 2.04. The van der Waals surface area contributed by atoms with Gasteiger partial charge in [-0.05, 0) is 6.42 Å². The number of nitrogens with two attached hydrogens (primary N) is 1. The maximum absolute atomic E-state index is 12.5. The normalized spacial score (nSPS) is 18.9. The van der Waals surface area contributed by atoms with Crippen molar-refractivity contribution in [2.75, 3.05) is 31.1 Å². The molecule has 1 atom stereocenters. The highest BCUT2D eigenvalue weighted by Gasteiger charge is 2.35. The summed E-state index contributed by atoms with van der Waals surface area (Å²) < 4.78 is 26.4. The Hall–Kier alpha value is -0.770. The van der Waals surface area contributed by atoms with Crippen LogP contribution in [-0.4, -0.2) is 54.1 Å². The van der Waals surface area contributed by atoms with Crippen molar-refractivity contribution in [3.8, 4) is 0 Å². The minimum atomic E-state index is -3.44. The van der Waals surface area contributed by atoms with E-state index < -0.39 is 15.3 Å². The lowest BCUT2D eigenvalue weighted by molar-refractivity contribution is 0.382. The van der Waals surface area contributed by atoms with Gasteiger partial charge in [0, 0.05) is 37.8 Å². The smallest absolute Gasteiger partial charge is 0.223 e. The summed E-state index contributed by atoms with van der Waals surface area (Å²) in [6.45, 7) is 3.95. The van der Waals surface area contributed by atoms with Crippen LogP contribution >= 0.6 is 23.6 Å². The maximum atomic E-state index is 12.5. The quantitative estimate of drug-likeness (QED) is 0.797. The lowest BCUT2D eigenvalue weighted by atomic mass is 10.3. The van der Waals surface area contributed by atoms with E-state index in [1.807, 2.05) is 5.38 Å². The minimum absolute atomic E-state index is 0.0508. The van der Waals surface area contributed by atoms with Crippen LogP contribution in [0.25, 0.3) is 0 Å². The van der Waals surface area contributed by atoms with Gasteiger partial charge in [-0.1, -0.05) is 19.1 Å². The van der Waals surface area contributed by atoms with Gasteiger partial charge in [-0.15, -0.1) is 11.3 Å². The van der Waals surface area contributed by atoms with Gasteiger partial charge in [0.1, 0.15) is 5.25 Å². The van der Waals surface area contributed by atoms with Crippen molar-refractivity contribution in [1.29, 1.82) is 0 Å². The van der Waals surface area contributed by atoms with Crippen LogP contribution in [0.2, 0.25) is 0 Å². The Morgan fingerprint density at radius 2 is 2.15 bits per heavy atom. The van der Waals surface area contributed by atoms with Crippen LogP contribution in [0, 0.1) is 0 Å².